The molecule has 2 saturated carbocycles. The molecule has 6 aromatic rings. The van der Waals surface area contributed by atoms with E-state index < -0.39 is 5.60 Å². The summed E-state index contributed by atoms with van der Waals surface area (Å²) in [5.41, 5.74) is 3.12. The number of halogens is 2. The Bertz CT molecular complexity index is 2460. The first-order chi connectivity index (χ1) is 31.6. The standard InChI is InChI=1S/C27H35FN6O.C23H27FN6/c1-27(2,35)18-33-15-12-19(13-16-33)23-17-34(25(31-23)20-7-9-21(28)10-8-20)24-11-14-29-26(32-24)30-22-5-3-4-6-22;24-18-7-5-17(6-8-18)22-28-20(16-9-12-25-13-10-16)15-30(22)21-11-14-26-23(29-21)27-19-3-1-2-4-19/h7-11,14,17,19,22,35H,3-6,12-13,15-16,18H2,1-2H3,(H,29,30,32);5-8,11,14-16,19,25H,1-4,9-10,12-13H2,(H,26,27,29). The molecule has 65 heavy (non-hydrogen) atoms. The summed E-state index contributed by atoms with van der Waals surface area (Å²) in [7, 11) is 0. The quantitative estimate of drug-likeness (QED) is 0.0934. The van der Waals surface area contributed by atoms with E-state index in [1.54, 1.807) is 36.7 Å². The van der Waals surface area contributed by atoms with Gasteiger partial charge in [0.15, 0.2) is 0 Å². The van der Waals surface area contributed by atoms with Crippen LogP contribution in [0.3, 0.4) is 0 Å². The number of imidazole rings is 2. The van der Waals surface area contributed by atoms with E-state index in [9.17, 15) is 13.9 Å². The molecule has 2 saturated heterocycles. The molecule has 0 radical (unpaired) electrons. The number of hydrogen-bond acceptors (Lipinski definition) is 11. The number of hydrogen-bond donors (Lipinski definition) is 4. The van der Waals surface area contributed by atoms with Gasteiger partial charge in [-0.3, -0.25) is 9.13 Å². The van der Waals surface area contributed by atoms with E-state index in [-0.39, 0.29) is 11.6 Å². The van der Waals surface area contributed by atoms with Crippen molar-refractivity contribution in [2.75, 3.05) is 43.4 Å². The third-order valence-corrected chi connectivity index (χ3v) is 13.2. The second kappa shape index (κ2) is 20.3. The van der Waals surface area contributed by atoms with E-state index in [1.165, 1.54) is 62.8 Å². The lowest BCUT2D eigenvalue weighted by molar-refractivity contribution is 0.0280. The fourth-order valence-corrected chi connectivity index (χ4v) is 9.81. The fourth-order valence-electron chi connectivity index (χ4n) is 9.81. The van der Waals surface area contributed by atoms with Crippen LogP contribution in [0.5, 0.6) is 0 Å². The van der Waals surface area contributed by atoms with Crippen LogP contribution in [0.15, 0.2) is 85.5 Å². The van der Waals surface area contributed by atoms with Crippen molar-refractivity contribution in [2.24, 2.45) is 0 Å². The van der Waals surface area contributed by atoms with Crippen molar-refractivity contribution in [2.45, 2.75) is 120 Å². The Kier molecular flexibility index (Phi) is 13.9. The van der Waals surface area contributed by atoms with E-state index >= 15 is 0 Å². The van der Waals surface area contributed by atoms with Crippen LogP contribution in [0.1, 0.15) is 114 Å². The molecule has 2 aliphatic carbocycles. The highest BCUT2D eigenvalue weighted by Gasteiger charge is 2.28. The summed E-state index contributed by atoms with van der Waals surface area (Å²) < 4.78 is 31.2. The van der Waals surface area contributed by atoms with Gasteiger partial charge in [0.05, 0.1) is 17.0 Å². The van der Waals surface area contributed by atoms with Gasteiger partial charge in [0.1, 0.15) is 34.9 Å². The summed E-state index contributed by atoms with van der Waals surface area (Å²) in [4.78, 5) is 30.8. The number of likely N-dealkylation sites (tertiary alicyclic amines) is 1. The maximum absolute atomic E-state index is 13.6. The Morgan fingerprint density at radius 1 is 0.600 bits per heavy atom. The lowest BCUT2D eigenvalue weighted by Gasteiger charge is -2.34. The number of anilines is 2. The zero-order valence-corrected chi connectivity index (χ0v) is 37.6. The minimum atomic E-state index is -0.693. The molecule has 0 unspecified atom stereocenters. The number of β-amino-alcohol motifs (C(OH)–C–C–N with tert-alkyl or cyclic N) is 1. The Balaban J connectivity index is 0.000000166. The van der Waals surface area contributed by atoms with E-state index in [0.717, 1.165) is 111 Å². The molecule has 13 nitrogen and oxygen atoms in total. The van der Waals surface area contributed by atoms with Gasteiger partial charge in [-0.05, 0) is 152 Å². The number of rotatable bonds is 12. The van der Waals surface area contributed by atoms with Crippen LogP contribution in [0.4, 0.5) is 20.7 Å². The second-order valence-electron chi connectivity index (χ2n) is 18.8. The van der Waals surface area contributed by atoms with Crippen molar-refractivity contribution in [1.82, 2.24) is 49.3 Å². The second-order valence-corrected chi connectivity index (χ2v) is 18.8. The normalized spacial score (nSPS) is 18.2. The molecular weight excluding hydrogens is 823 g/mol. The Morgan fingerprint density at radius 3 is 1.46 bits per heavy atom. The van der Waals surface area contributed by atoms with Gasteiger partial charge in [0.25, 0.3) is 0 Å². The summed E-state index contributed by atoms with van der Waals surface area (Å²) in [5, 5.41) is 20.5. The Morgan fingerprint density at radius 2 is 1.03 bits per heavy atom. The maximum Gasteiger partial charge on any atom is 0.224 e. The monoisotopic (exact) mass is 885 g/mol. The Labute approximate surface area is 380 Å². The summed E-state index contributed by atoms with van der Waals surface area (Å²) in [5.74, 6) is 4.58. The van der Waals surface area contributed by atoms with E-state index in [0.29, 0.717) is 42.4 Å². The molecule has 2 aromatic carbocycles. The molecule has 15 heteroatoms. The highest BCUT2D eigenvalue weighted by Crippen LogP contribution is 2.33. The van der Waals surface area contributed by atoms with Crippen LogP contribution in [0, 0.1) is 11.6 Å². The number of nitrogens with one attached hydrogen (secondary N) is 3. The van der Waals surface area contributed by atoms with Crippen molar-refractivity contribution >= 4 is 11.9 Å². The molecule has 342 valence electrons. The smallest absolute Gasteiger partial charge is 0.224 e. The molecule has 0 amide bonds. The molecule has 10 rings (SSSR count). The van der Waals surface area contributed by atoms with Crippen LogP contribution < -0.4 is 16.0 Å². The maximum atomic E-state index is 13.6. The van der Waals surface area contributed by atoms with Gasteiger partial charge in [-0.2, -0.15) is 9.97 Å². The van der Waals surface area contributed by atoms with Gasteiger partial charge in [0.2, 0.25) is 11.9 Å². The van der Waals surface area contributed by atoms with Crippen molar-refractivity contribution in [3.8, 4) is 34.4 Å². The predicted molar refractivity (Wildman–Crippen MR) is 250 cm³/mol. The van der Waals surface area contributed by atoms with Crippen molar-refractivity contribution in [3.05, 3.63) is 108 Å². The fraction of sp³-hybridized carbons (Fsp3) is 0.480. The van der Waals surface area contributed by atoms with Crippen LogP contribution in [-0.4, -0.2) is 99.5 Å². The van der Waals surface area contributed by atoms with Crippen LogP contribution in [-0.2, 0) is 0 Å². The number of aromatic nitrogens is 8. The molecule has 6 heterocycles. The number of aliphatic hydroxyl groups is 1. The van der Waals surface area contributed by atoms with Crippen LogP contribution >= 0.6 is 0 Å². The molecule has 2 aliphatic heterocycles. The van der Waals surface area contributed by atoms with Crippen LogP contribution in [0.2, 0.25) is 0 Å². The van der Waals surface area contributed by atoms with Gasteiger partial charge >= 0.3 is 0 Å². The minimum Gasteiger partial charge on any atom is -0.389 e. The molecule has 0 spiro atoms. The lowest BCUT2D eigenvalue weighted by atomic mass is 9.93. The predicted octanol–water partition coefficient (Wildman–Crippen LogP) is 9.06. The molecule has 4 aliphatic rings. The highest BCUT2D eigenvalue weighted by molar-refractivity contribution is 5.60. The molecule has 4 fully saturated rings. The zero-order valence-electron chi connectivity index (χ0n) is 37.6. The first-order valence-corrected chi connectivity index (χ1v) is 23.7. The summed E-state index contributed by atoms with van der Waals surface area (Å²) in [6.07, 6.45) is 21.5. The summed E-state index contributed by atoms with van der Waals surface area (Å²) in [6, 6.07) is 17.7. The largest absolute Gasteiger partial charge is 0.389 e. The molecule has 4 aromatic heterocycles. The van der Waals surface area contributed by atoms with Crippen LogP contribution in [0.25, 0.3) is 34.4 Å². The molecule has 0 bridgehead atoms. The van der Waals surface area contributed by atoms with Gasteiger partial charge in [0, 0.05) is 66.4 Å². The van der Waals surface area contributed by atoms with Gasteiger partial charge in [-0.25, -0.2) is 28.7 Å². The van der Waals surface area contributed by atoms with Crippen molar-refractivity contribution < 1.29 is 13.9 Å². The summed E-state index contributed by atoms with van der Waals surface area (Å²) in [6.45, 7) is 8.25. The first kappa shape index (κ1) is 44.6. The van der Waals surface area contributed by atoms with E-state index in [1.807, 2.05) is 35.1 Å². The Hall–Kier alpha value is -5.64. The molecule has 0 atom stereocenters. The van der Waals surface area contributed by atoms with Crippen molar-refractivity contribution in [1.29, 1.82) is 0 Å². The van der Waals surface area contributed by atoms with E-state index in [2.05, 4.69) is 43.2 Å². The van der Waals surface area contributed by atoms with Gasteiger partial charge in [-0.15, -0.1) is 0 Å². The first-order valence-electron chi connectivity index (χ1n) is 23.7. The van der Waals surface area contributed by atoms with Gasteiger partial charge in [-0.1, -0.05) is 25.7 Å². The lowest BCUT2D eigenvalue weighted by Crippen LogP contribution is -2.42. The summed E-state index contributed by atoms with van der Waals surface area (Å²) >= 11 is 0. The topological polar surface area (TPSA) is 147 Å². The minimum absolute atomic E-state index is 0.250. The number of nitrogens with zero attached hydrogens (tertiary/aromatic N) is 9. The van der Waals surface area contributed by atoms with E-state index in [4.69, 9.17) is 19.9 Å². The molecule has 4 N–H and O–H groups in total. The average Bonchev–Trinajstić information content (AvgIpc) is 4.17. The number of piperidine rings is 2. The highest BCUT2D eigenvalue weighted by atomic mass is 19.1. The van der Waals surface area contributed by atoms with Crippen molar-refractivity contribution in [3.63, 3.8) is 0 Å². The molecular formula is C50H62F2N12O. The average molecular weight is 885 g/mol. The number of benzene rings is 2. The SMILES string of the molecule is CC(C)(O)CN1CCC(c2cn(-c3ccnc(NC4CCCC4)n3)c(-c3ccc(F)cc3)n2)CC1.Fc1ccc(-c2nc(C3CCNCC3)cn2-c2ccnc(NC3CCCC3)n2)cc1. The zero-order chi connectivity index (χ0) is 44.8. The third-order valence-electron chi connectivity index (χ3n) is 13.2. The van der Waals surface area contributed by atoms with Gasteiger partial charge < -0.3 is 26.0 Å². The third kappa shape index (κ3) is 11.4.